The van der Waals surface area contributed by atoms with Crippen LogP contribution in [0.25, 0.3) is 0 Å². The molecule has 0 bridgehead atoms. The van der Waals surface area contributed by atoms with Gasteiger partial charge in [0.1, 0.15) is 0 Å². The Balaban J connectivity index is 3.69. The fourth-order valence-corrected chi connectivity index (χ4v) is 1.62. The maximum Gasteiger partial charge on any atom is 0.447 e. The van der Waals surface area contributed by atoms with Crippen LogP contribution in [0.4, 0.5) is 65.9 Å². The molecule has 1 aliphatic carbocycles. The summed E-state index contributed by atoms with van der Waals surface area (Å²) in [6.45, 7) is 0. The minimum atomic E-state index is -7.58. The highest BCUT2D eigenvalue weighted by molar-refractivity contribution is 5.30. The Hall–Kier alpha value is -1.51. The molecule has 0 radical (unpaired) electrons. The average molecular weight is 410 g/mol. The monoisotopic (exact) mass is 410 g/mol. The van der Waals surface area contributed by atoms with Crippen LogP contribution in [0.1, 0.15) is 0 Å². The van der Waals surface area contributed by atoms with E-state index >= 15 is 0 Å². The van der Waals surface area contributed by atoms with Gasteiger partial charge in [0.05, 0.1) is 0 Å². The lowest BCUT2D eigenvalue weighted by Gasteiger charge is -2.39. The largest absolute Gasteiger partial charge is 0.460 e. The summed E-state index contributed by atoms with van der Waals surface area (Å²) in [5.41, 5.74) is -7.45. The van der Waals surface area contributed by atoms with Gasteiger partial charge in [-0.25, -0.2) is 0 Å². The van der Waals surface area contributed by atoms with E-state index in [1.54, 1.807) is 0 Å². The summed E-state index contributed by atoms with van der Waals surface area (Å²) in [4.78, 5) is 0. The van der Waals surface area contributed by atoms with Crippen molar-refractivity contribution in [2.24, 2.45) is 0 Å². The highest BCUT2D eigenvalue weighted by atomic mass is 19.4. The molecule has 1 aliphatic rings. The maximum atomic E-state index is 13.1. The Labute approximate surface area is 126 Å². The van der Waals surface area contributed by atoms with Crippen LogP contribution in [-0.4, -0.2) is 41.9 Å². The van der Waals surface area contributed by atoms with Crippen molar-refractivity contribution in [1.29, 1.82) is 0 Å². The first-order valence-electron chi connectivity index (χ1n) is 5.32. The van der Waals surface area contributed by atoms with E-state index in [2.05, 4.69) is 4.74 Å². The van der Waals surface area contributed by atoms with Crippen LogP contribution < -0.4 is 0 Å². The topological polar surface area (TPSA) is 9.23 Å². The molecule has 1 nitrogen and oxygen atoms in total. The molecule has 0 spiro atoms. The van der Waals surface area contributed by atoms with Crippen LogP contribution in [0, 0.1) is 0 Å². The zero-order valence-corrected chi connectivity index (χ0v) is 10.7. The molecular formula is C9HF15O. The number of allylic oxidation sites excluding steroid dienone is 2. The van der Waals surface area contributed by atoms with Crippen LogP contribution in [0.5, 0.6) is 0 Å². The van der Waals surface area contributed by atoms with Gasteiger partial charge < -0.3 is 4.74 Å². The molecule has 0 saturated carbocycles. The molecule has 16 heteroatoms. The van der Waals surface area contributed by atoms with Crippen LogP contribution in [0.15, 0.2) is 11.8 Å². The average Bonchev–Trinajstić information content (AvgIpc) is 2.38. The molecule has 148 valence electrons. The fourth-order valence-electron chi connectivity index (χ4n) is 1.62. The summed E-state index contributed by atoms with van der Waals surface area (Å²) in [5.74, 6) is -23.1. The number of rotatable bonds is 2. The normalized spacial score (nSPS) is 23.4. The van der Waals surface area contributed by atoms with E-state index in [9.17, 15) is 65.9 Å². The van der Waals surface area contributed by atoms with Crippen molar-refractivity contribution >= 4 is 0 Å². The van der Waals surface area contributed by atoms with E-state index in [4.69, 9.17) is 0 Å². The summed E-state index contributed by atoms with van der Waals surface area (Å²) in [6.07, 6.45) is -24.7. The SMILES string of the molecule is FC(F)(F)C(OC1=CC(F)(F)C(F)(F)C1(F)F)(C(F)(F)F)C(F)(F)F. The number of alkyl halides is 15. The molecule has 0 heterocycles. The Morgan fingerprint density at radius 3 is 1.16 bits per heavy atom. The van der Waals surface area contributed by atoms with Crippen molar-refractivity contribution in [2.45, 2.75) is 41.9 Å². The van der Waals surface area contributed by atoms with Gasteiger partial charge in [0.15, 0.2) is 5.76 Å². The van der Waals surface area contributed by atoms with Crippen molar-refractivity contribution in [3.63, 3.8) is 0 Å². The number of hydrogen-bond donors (Lipinski definition) is 0. The first-order valence-corrected chi connectivity index (χ1v) is 5.32. The minimum absolute atomic E-state index is 1.93. The van der Waals surface area contributed by atoms with Gasteiger partial charge in [-0.05, 0) is 0 Å². The minimum Gasteiger partial charge on any atom is -0.460 e. The molecule has 0 atom stereocenters. The smallest absolute Gasteiger partial charge is 0.447 e. The van der Waals surface area contributed by atoms with Crippen molar-refractivity contribution in [3.05, 3.63) is 11.8 Å². The second kappa shape index (κ2) is 5.02. The van der Waals surface area contributed by atoms with Gasteiger partial charge in [-0.3, -0.25) is 0 Å². The maximum absolute atomic E-state index is 13.1. The van der Waals surface area contributed by atoms with Crippen molar-refractivity contribution < 1.29 is 70.6 Å². The van der Waals surface area contributed by atoms with Gasteiger partial charge in [0.25, 0.3) is 0 Å². The van der Waals surface area contributed by atoms with Crippen LogP contribution in [-0.2, 0) is 4.74 Å². The van der Waals surface area contributed by atoms with Crippen molar-refractivity contribution in [3.8, 4) is 0 Å². The lowest BCUT2D eigenvalue weighted by atomic mass is 10.0. The highest BCUT2D eigenvalue weighted by Gasteiger charge is 2.89. The lowest BCUT2D eigenvalue weighted by molar-refractivity contribution is -0.453. The number of hydrogen-bond acceptors (Lipinski definition) is 1. The molecule has 0 amide bonds. The van der Waals surface area contributed by atoms with Gasteiger partial charge in [0, 0.05) is 6.08 Å². The van der Waals surface area contributed by atoms with Gasteiger partial charge in [0.2, 0.25) is 0 Å². The van der Waals surface area contributed by atoms with E-state index < -0.39 is 53.7 Å². The number of ether oxygens (including phenoxy) is 1. The van der Waals surface area contributed by atoms with Gasteiger partial charge in [-0.2, -0.15) is 65.9 Å². The zero-order valence-electron chi connectivity index (χ0n) is 10.7. The standard InChI is InChI=1S/C9HF15O/c10-3(11)1-2(4(12,13)6(3,14)15)25-5(7(16,17)18,8(19,20)21)9(22,23)24/h1H. The Bertz CT molecular complexity index is 523. The predicted molar refractivity (Wildman–Crippen MR) is 44.9 cm³/mol. The van der Waals surface area contributed by atoms with E-state index in [0.717, 1.165) is 0 Å². The van der Waals surface area contributed by atoms with E-state index in [1.165, 1.54) is 0 Å². The van der Waals surface area contributed by atoms with Gasteiger partial charge in [-0.1, -0.05) is 0 Å². The predicted octanol–water partition coefficient (Wildman–Crippen LogP) is 5.23. The molecule has 0 aromatic heterocycles. The van der Waals surface area contributed by atoms with Crippen molar-refractivity contribution in [2.75, 3.05) is 0 Å². The Kier molecular flexibility index (Phi) is 4.32. The molecule has 0 fully saturated rings. The fraction of sp³-hybridized carbons (Fsp3) is 0.778. The summed E-state index contributed by atoms with van der Waals surface area (Å²) < 4.78 is 191. The molecule has 0 aromatic carbocycles. The van der Waals surface area contributed by atoms with E-state index in [1.807, 2.05) is 0 Å². The van der Waals surface area contributed by atoms with Crippen LogP contribution >= 0.6 is 0 Å². The Morgan fingerprint density at radius 2 is 0.960 bits per heavy atom. The van der Waals surface area contributed by atoms with Gasteiger partial charge in [-0.15, -0.1) is 0 Å². The molecule has 25 heavy (non-hydrogen) atoms. The molecular weight excluding hydrogens is 409 g/mol. The quantitative estimate of drug-likeness (QED) is 0.567. The van der Waals surface area contributed by atoms with E-state index in [-0.39, 0.29) is 0 Å². The molecule has 0 aliphatic heterocycles. The summed E-state index contributed by atoms with van der Waals surface area (Å²) in [6, 6.07) is 0. The van der Waals surface area contributed by atoms with Crippen LogP contribution in [0.3, 0.4) is 0 Å². The molecule has 1 rings (SSSR count). The molecule has 0 aromatic rings. The third kappa shape index (κ3) is 2.67. The summed E-state index contributed by atoms with van der Waals surface area (Å²) >= 11 is 0. The summed E-state index contributed by atoms with van der Waals surface area (Å²) in [5, 5.41) is 0. The molecule has 0 N–H and O–H groups in total. The van der Waals surface area contributed by atoms with Crippen molar-refractivity contribution in [1.82, 2.24) is 0 Å². The third-order valence-corrected chi connectivity index (χ3v) is 2.90. The third-order valence-electron chi connectivity index (χ3n) is 2.90. The second-order valence-electron chi connectivity index (χ2n) is 4.56. The first-order chi connectivity index (χ1) is 10.6. The Morgan fingerprint density at radius 1 is 0.640 bits per heavy atom. The zero-order chi connectivity index (χ0) is 20.5. The molecule has 0 saturated heterocycles. The highest BCUT2D eigenvalue weighted by Crippen LogP contribution is 2.61. The first kappa shape index (κ1) is 21.5. The second-order valence-corrected chi connectivity index (χ2v) is 4.56. The van der Waals surface area contributed by atoms with Crippen LogP contribution in [0.2, 0.25) is 0 Å². The van der Waals surface area contributed by atoms with Gasteiger partial charge >= 0.3 is 41.9 Å². The summed E-state index contributed by atoms with van der Waals surface area (Å²) in [7, 11) is 0. The number of halogens is 15. The molecule has 0 unspecified atom stereocenters. The lowest BCUT2D eigenvalue weighted by Crippen LogP contribution is -2.68. The van der Waals surface area contributed by atoms with E-state index in [0.29, 0.717) is 0 Å².